The van der Waals surface area contributed by atoms with Crippen LogP contribution in [0.1, 0.15) is 16.8 Å². The van der Waals surface area contributed by atoms with Gasteiger partial charge < -0.3 is 14.6 Å². The number of rotatable bonds is 2. The topological polar surface area (TPSA) is 45.3 Å². The van der Waals surface area contributed by atoms with Crippen LogP contribution >= 0.6 is 15.9 Å². The van der Waals surface area contributed by atoms with E-state index in [1.54, 1.807) is 4.90 Å². The molecule has 0 radical (unpaired) electrons. The van der Waals surface area contributed by atoms with Gasteiger partial charge in [-0.2, -0.15) is 0 Å². The fraction of sp³-hybridized carbons (Fsp3) is 0.211. The van der Waals surface area contributed by atoms with Crippen molar-refractivity contribution in [3.63, 3.8) is 0 Å². The van der Waals surface area contributed by atoms with E-state index in [0.717, 1.165) is 27.7 Å². The average Bonchev–Trinajstić information content (AvgIpc) is 2.97. The van der Waals surface area contributed by atoms with Gasteiger partial charge in [-0.05, 0) is 29.7 Å². The zero-order chi connectivity index (χ0) is 16.5. The van der Waals surface area contributed by atoms with Crippen LogP contribution in [-0.4, -0.2) is 22.5 Å². The van der Waals surface area contributed by atoms with E-state index in [2.05, 4.69) is 39.1 Å². The Labute approximate surface area is 148 Å². The van der Waals surface area contributed by atoms with Crippen LogP contribution in [0.15, 0.2) is 53.0 Å². The number of hydrogen-bond acceptors (Lipinski definition) is 2. The molecule has 1 N–H and O–H groups in total. The lowest BCUT2D eigenvalue weighted by molar-refractivity contribution is 0.0915. The SMILES string of the molecule is O=C(OCc1ccccc1)N1CCc2c([nH]c3cc(Br)ccc23)C1. The maximum absolute atomic E-state index is 12.3. The third-order valence-electron chi connectivity index (χ3n) is 4.40. The maximum Gasteiger partial charge on any atom is 0.410 e. The standard InChI is InChI=1S/C19H17BrN2O2/c20-14-6-7-15-16-8-9-22(11-18(16)21-17(15)10-14)19(23)24-12-13-4-2-1-3-5-13/h1-7,10,21H,8-9,11-12H2. The molecule has 24 heavy (non-hydrogen) atoms. The van der Waals surface area contributed by atoms with Crippen LogP contribution in [0.3, 0.4) is 0 Å². The van der Waals surface area contributed by atoms with Crippen molar-refractivity contribution < 1.29 is 9.53 Å². The fourth-order valence-corrected chi connectivity index (χ4v) is 3.55. The molecule has 122 valence electrons. The molecular weight excluding hydrogens is 368 g/mol. The minimum Gasteiger partial charge on any atom is -0.445 e. The Bertz CT molecular complexity index is 889. The van der Waals surface area contributed by atoms with Crippen molar-refractivity contribution in [2.24, 2.45) is 0 Å². The molecule has 1 aromatic heterocycles. The minimum atomic E-state index is -0.260. The van der Waals surface area contributed by atoms with Gasteiger partial charge in [-0.25, -0.2) is 4.79 Å². The number of aromatic nitrogens is 1. The number of aromatic amines is 1. The van der Waals surface area contributed by atoms with Crippen LogP contribution in [-0.2, 0) is 24.3 Å². The first-order chi connectivity index (χ1) is 11.7. The van der Waals surface area contributed by atoms with E-state index in [-0.39, 0.29) is 6.09 Å². The minimum absolute atomic E-state index is 0.260. The highest BCUT2D eigenvalue weighted by Gasteiger charge is 2.24. The van der Waals surface area contributed by atoms with E-state index in [4.69, 9.17) is 4.74 Å². The molecule has 1 amide bonds. The number of ether oxygens (including phenoxy) is 1. The summed E-state index contributed by atoms with van der Waals surface area (Å²) in [5.74, 6) is 0. The molecule has 3 aromatic rings. The Morgan fingerprint density at radius 1 is 1.21 bits per heavy atom. The zero-order valence-corrected chi connectivity index (χ0v) is 14.7. The lowest BCUT2D eigenvalue weighted by Gasteiger charge is -2.26. The maximum atomic E-state index is 12.3. The van der Waals surface area contributed by atoms with E-state index in [1.165, 1.54) is 10.9 Å². The molecule has 0 aliphatic carbocycles. The predicted octanol–water partition coefficient (Wildman–Crippen LogP) is 4.63. The van der Waals surface area contributed by atoms with Crippen LogP contribution in [0.4, 0.5) is 4.79 Å². The number of benzene rings is 2. The Morgan fingerprint density at radius 3 is 2.88 bits per heavy atom. The molecule has 0 unspecified atom stereocenters. The summed E-state index contributed by atoms with van der Waals surface area (Å²) in [4.78, 5) is 17.5. The highest BCUT2D eigenvalue weighted by Crippen LogP contribution is 2.29. The van der Waals surface area contributed by atoms with Crippen molar-refractivity contribution in [3.8, 4) is 0 Å². The van der Waals surface area contributed by atoms with Gasteiger partial charge in [0.1, 0.15) is 6.61 Å². The van der Waals surface area contributed by atoms with Crippen LogP contribution in [0, 0.1) is 0 Å². The van der Waals surface area contributed by atoms with Crippen LogP contribution in [0.25, 0.3) is 10.9 Å². The summed E-state index contributed by atoms with van der Waals surface area (Å²) in [6.07, 6.45) is 0.585. The molecular formula is C19H17BrN2O2. The Kier molecular flexibility index (Phi) is 4.02. The molecule has 2 aromatic carbocycles. The van der Waals surface area contributed by atoms with Gasteiger partial charge in [0.25, 0.3) is 0 Å². The summed E-state index contributed by atoms with van der Waals surface area (Å²) >= 11 is 3.50. The van der Waals surface area contributed by atoms with Gasteiger partial charge in [-0.3, -0.25) is 0 Å². The number of fused-ring (bicyclic) bond motifs is 3. The first-order valence-electron chi connectivity index (χ1n) is 7.95. The molecule has 4 nitrogen and oxygen atoms in total. The first-order valence-corrected chi connectivity index (χ1v) is 8.74. The van der Waals surface area contributed by atoms with E-state index in [9.17, 15) is 4.79 Å². The number of carbonyl (C=O) groups is 1. The quantitative estimate of drug-likeness (QED) is 0.700. The second kappa shape index (κ2) is 6.32. The van der Waals surface area contributed by atoms with Crippen molar-refractivity contribution >= 4 is 32.9 Å². The second-order valence-electron chi connectivity index (χ2n) is 5.98. The Morgan fingerprint density at radius 2 is 2.04 bits per heavy atom. The van der Waals surface area contributed by atoms with Gasteiger partial charge in [-0.15, -0.1) is 0 Å². The number of carbonyl (C=O) groups excluding carboxylic acids is 1. The summed E-state index contributed by atoms with van der Waals surface area (Å²) in [6, 6.07) is 16.0. The van der Waals surface area contributed by atoms with Gasteiger partial charge in [0.2, 0.25) is 0 Å². The molecule has 1 aliphatic heterocycles. The Hall–Kier alpha value is -2.27. The number of hydrogen-bond donors (Lipinski definition) is 1. The van der Waals surface area contributed by atoms with Gasteiger partial charge in [-0.1, -0.05) is 52.3 Å². The molecule has 4 rings (SSSR count). The van der Waals surface area contributed by atoms with Crippen molar-refractivity contribution in [1.82, 2.24) is 9.88 Å². The van der Waals surface area contributed by atoms with Gasteiger partial charge in [0.15, 0.2) is 0 Å². The largest absolute Gasteiger partial charge is 0.445 e. The monoisotopic (exact) mass is 384 g/mol. The number of nitrogens with zero attached hydrogens (tertiary/aromatic N) is 1. The third-order valence-corrected chi connectivity index (χ3v) is 4.89. The van der Waals surface area contributed by atoms with E-state index >= 15 is 0 Å². The van der Waals surface area contributed by atoms with Crippen LogP contribution < -0.4 is 0 Å². The molecule has 1 aliphatic rings. The third kappa shape index (κ3) is 2.91. The second-order valence-corrected chi connectivity index (χ2v) is 6.90. The lowest BCUT2D eigenvalue weighted by atomic mass is 10.0. The molecule has 5 heteroatoms. The number of nitrogens with one attached hydrogen (secondary N) is 1. The average molecular weight is 385 g/mol. The number of H-pyrrole nitrogens is 1. The van der Waals surface area contributed by atoms with Crippen LogP contribution in [0.5, 0.6) is 0 Å². The summed E-state index contributed by atoms with van der Waals surface area (Å²) in [5, 5.41) is 1.24. The van der Waals surface area contributed by atoms with E-state index < -0.39 is 0 Å². The molecule has 2 heterocycles. The molecule has 0 bridgehead atoms. The Balaban J connectivity index is 1.47. The van der Waals surface area contributed by atoms with Gasteiger partial charge >= 0.3 is 6.09 Å². The molecule has 0 atom stereocenters. The summed E-state index contributed by atoms with van der Waals surface area (Å²) in [6.45, 7) is 1.56. The molecule has 0 fully saturated rings. The zero-order valence-electron chi connectivity index (χ0n) is 13.1. The van der Waals surface area contributed by atoms with Crippen molar-refractivity contribution in [3.05, 3.63) is 69.8 Å². The van der Waals surface area contributed by atoms with Gasteiger partial charge in [0, 0.05) is 27.6 Å². The summed E-state index contributed by atoms with van der Waals surface area (Å²) in [7, 11) is 0. The van der Waals surface area contributed by atoms with Crippen molar-refractivity contribution in [1.29, 1.82) is 0 Å². The molecule has 0 spiro atoms. The lowest BCUT2D eigenvalue weighted by Crippen LogP contribution is -2.36. The molecule has 0 saturated heterocycles. The van der Waals surface area contributed by atoms with E-state index in [0.29, 0.717) is 19.7 Å². The van der Waals surface area contributed by atoms with Crippen molar-refractivity contribution in [2.75, 3.05) is 6.54 Å². The normalized spacial score (nSPS) is 13.8. The van der Waals surface area contributed by atoms with Gasteiger partial charge in [0.05, 0.1) is 6.54 Å². The highest BCUT2D eigenvalue weighted by molar-refractivity contribution is 9.10. The summed E-state index contributed by atoms with van der Waals surface area (Å²) in [5.41, 5.74) is 4.52. The predicted molar refractivity (Wildman–Crippen MR) is 96.7 cm³/mol. The highest BCUT2D eigenvalue weighted by atomic mass is 79.9. The fourth-order valence-electron chi connectivity index (χ4n) is 3.19. The van der Waals surface area contributed by atoms with E-state index in [1.807, 2.05) is 30.3 Å². The number of amides is 1. The first kappa shape index (κ1) is 15.3. The van der Waals surface area contributed by atoms with Crippen molar-refractivity contribution in [2.45, 2.75) is 19.6 Å². The molecule has 0 saturated carbocycles. The number of halogens is 1. The summed E-state index contributed by atoms with van der Waals surface area (Å²) < 4.78 is 6.49. The van der Waals surface area contributed by atoms with Crippen LogP contribution in [0.2, 0.25) is 0 Å². The smallest absolute Gasteiger partial charge is 0.410 e.